The van der Waals surface area contributed by atoms with Crippen LogP contribution >= 0.6 is 11.8 Å². The van der Waals surface area contributed by atoms with Crippen LogP contribution in [0.2, 0.25) is 0 Å². The molecule has 0 radical (unpaired) electrons. The van der Waals surface area contributed by atoms with Crippen LogP contribution in [0.25, 0.3) is 0 Å². The summed E-state index contributed by atoms with van der Waals surface area (Å²) in [5.41, 5.74) is 3.21. The van der Waals surface area contributed by atoms with E-state index in [2.05, 4.69) is 45.0 Å². The molecular weight excluding hydrogens is 309 g/mol. The lowest BCUT2D eigenvalue weighted by molar-refractivity contribution is -0.115. The zero-order chi connectivity index (χ0) is 16.6. The Morgan fingerprint density at radius 2 is 1.65 bits per heavy atom. The SMILES string of the molecule is CC(C)(C)c1ccc([C@@H]2SCC(=O)N2c2ccc(F)cc2)cc1. The van der Waals surface area contributed by atoms with E-state index >= 15 is 0 Å². The molecule has 1 aliphatic rings. The van der Waals surface area contributed by atoms with Crippen molar-refractivity contribution in [3.63, 3.8) is 0 Å². The van der Waals surface area contributed by atoms with E-state index < -0.39 is 0 Å². The summed E-state index contributed by atoms with van der Waals surface area (Å²) in [6, 6.07) is 14.5. The zero-order valence-electron chi connectivity index (χ0n) is 13.5. The number of anilines is 1. The number of benzene rings is 2. The van der Waals surface area contributed by atoms with E-state index in [1.807, 2.05) is 0 Å². The molecule has 0 spiro atoms. The Bertz CT molecular complexity index is 704. The fraction of sp³-hybridized carbons (Fsp3) is 0.316. The summed E-state index contributed by atoms with van der Waals surface area (Å²) >= 11 is 1.61. The number of nitrogens with zero attached hydrogens (tertiary/aromatic N) is 1. The van der Waals surface area contributed by atoms with Gasteiger partial charge in [0.15, 0.2) is 0 Å². The molecule has 1 fully saturated rings. The monoisotopic (exact) mass is 329 g/mol. The summed E-state index contributed by atoms with van der Waals surface area (Å²) in [5, 5.41) is -0.0537. The molecule has 0 unspecified atom stereocenters. The summed E-state index contributed by atoms with van der Waals surface area (Å²) in [6.07, 6.45) is 0. The van der Waals surface area contributed by atoms with E-state index in [4.69, 9.17) is 0 Å². The summed E-state index contributed by atoms with van der Waals surface area (Å²) < 4.78 is 13.1. The van der Waals surface area contributed by atoms with Gasteiger partial charge in [-0.05, 0) is 40.8 Å². The number of carbonyl (C=O) groups excluding carboxylic acids is 1. The summed E-state index contributed by atoms with van der Waals surface area (Å²) in [7, 11) is 0. The Morgan fingerprint density at radius 3 is 2.22 bits per heavy atom. The van der Waals surface area contributed by atoms with Gasteiger partial charge in [-0.15, -0.1) is 11.8 Å². The zero-order valence-corrected chi connectivity index (χ0v) is 14.4. The number of hydrogen-bond acceptors (Lipinski definition) is 2. The highest BCUT2D eigenvalue weighted by Gasteiger charge is 2.34. The van der Waals surface area contributed by atoms with Crippen molar-refractivity contribution in [2.24, 2.45) is 0 Å². The van der Waals surface area contributed by atoms with Gasteiger partial charge in [0.1, 0.15) is 11.2 Å². The Balaban J connectivity index is 1.91. The summed E-state index contributed by atoms with van der Waals surface area (Å²) in [4.78, 5) is 14.0. The molecule has 0 N–H and O–H groups in total. The molecule has 0 saturated carbocycles. The normalized spacial score (nSPS) is 18.5. The summed E-state index contributed by atoms with van der Waals surface area (Å²) in [5.74, 6) is 0.217. The Kier molecular flexibility index (Phi) is 4.19. The first-order valence-corrected chi connectivity index (χ1v) is 8.71. The van der Waals surface area contributed by atoms with Crippen molar-refractivity contribution in [3.8, 4) is 0 Å². The van der Waals surface area contributed by atoms with Crippen LogP contribution in [0.1, 0.15) is 37.3 Å². The molecule has 1 saturated heterocycles. The Hall–Kier alpha value is -1.81. The van der Waals surface area contributed by atoms with Crippen molar-refractivity contribution in [1.29, 1.82) is 0 Å². The third-order valence-corrected chi connectivity index (χ3v) is 5.25. The minimum Gasteiger partial charge on any atom is -0.295 e. The number of halogens is 1. The van der Waals surface area contributed by atoms with Gasteiger partial charge >= 0.3 is 0 Å². The number of rotatable bonds is 2. The Labute approximate surface area is 140 Å². The van der Waals surface area contributed by atoms with Crippen LogP contribution in [-0.2, 0) is 10.2 Å². The molecule has 1 heterocycles. The van der Waals surface area contributed by atoms with Crippen molar-refractivity contribution in [2.75, 3.05) is 10.7 Å². The largest absolute Gasteiger partial charge is 0.295 e. The molecule has 2 aromatic carbocycles. The van der Waals surface area contributed by atoms with Gasteiger partial charge in [-0.25, -0.2) is 4.39 Å². The number of thioether (sulfide) groups is 1. The maximum Gasteiger partial charge on any atom is 0.238 e. The lowest BCUT2D eigenvalue weighted by Gasteiger charge is -2.25. The van der Waals surface area contributed by atoms with Gasteiger partial charge in [-0.3, -0.25) is 9.69 Å². The van der Waals surface area contributed by atoms with Crippen LogP contribution in [0.15, 0.2) is 48.5 Å². The predicted molar refractivity (Wildman–Crippen MR) is 94.2 cm³/mol. The molecule has 0 aliphatic carbocycles. The maximum atomic E-state index is 13.1. The van der Waals surface area contributed by atoms with Crippen molar-refractivity contribution < 1.29 is 9.18 Å². The second-order valence-corrected chi connectivity index (χ2v) is 7.84. The van der Waals surface area contributed by atoms with E-state index in [-0.39, 0.29) is 22.5 Å². The molecule has 4 heteroatoms. The lowest BCUT2D eigenvalue weighted by Crippen LogP contribution is -2.27. The maximum absolute atomic E-state index is 13.1. The molecule has 1 atom stereocenters. The highest BCUT2D eigenvalue weighted by atomic mass is 32.2. The molecule has 2 aromatic rings. The first-order chi connectivity index (χ1) is 10.9. The standard InChI is InChI=1S/C19H20FNOS/c1-19(2,3)14-6-4-13(5-7-14)18-21(17(22)12-23-18)16-10-8-15(20)9-11-16/h4-11,18H,12H2,1-3H3/t18-/m0/s1. The smallest absolute Gasteiger partial charge is 0.238 e. The van der Waals surface area contributed by atoms with E-state index in [0.29, 0.717) is 5.75 Å². The summed E-state index contributed by atoms with van der Waals surface area (Å²) in [6.45, 7) is 6.54. The number of amides is 1. The van der Waals surface area contributed by atoms with Gasteiger partial charge in [0.25, 0.3) is 0 Å². The fourth-order valence-corrected chi connectivity index (χ4v) is 3.88. The Morgan fingerprint density at radius 1 is 1.04 bits per heavy atom. The van der Waals surface area contributed by atoms with Crippen molar-refractivity contribution in [2.45, 2.75) is 31.6 Å². The van der Waals surface area contributed by atoms with E-state index in [0.717, 1.165) is 11.3 Å². The van der Waals surface area contributed by atoms with Crippen LogP contribution in [0.3, 0.4) is 0 Å². The molecule has 2 nitrogen and oxygen atoms in total. The van der Waals surface area contributed by atoms with Crippen LogP contribution in [0.4, 0.5) is 10.1 Å². The topological polar surface area (TPSA) is 20.3 Å². The minimum absolute atomic E-state index is 0.0537. The van der Waals surface area contributed by atoms with Gasteiger partial charge in [-0.1, -0.05) is 45.0 Å². The van der Waals surface area contributed by atoms with Gasteiger partial charge in [0.05, 0.1) is 5.75 Å². The van der Waals surface area contributed by atoms with Crippen LogP contribution in [0, 0.1) is 5.82 Å². The molecule has 0 bridgehead atoms. The number of carbonyl (C=O) groups is 1. The first-order valence-electron chi connectivity index (χ1n) is 7.66. The molecular formula is C19H20FNOS. The first kappa shape index (κ1) is 16.1. The molecule has 120 valence electrons. The average molecular weight is 329 g/mol. The van der Waals surface area contributed by atoms with Gasteiger partial charge in [-0.2, -0.15) is 0 Å². The second-order valence-electron chi connectivity index (χ2n) is 6.78. The third-order valence-electron chi connectivity index (χ3n) is 4.03. The molecule has 3 rings (SSSR count). The van der Waals surface area contributed by atoms with Crippen LogP contribution in [-0.4, -0.2) is 11.7 Å². The molecule has 23 heavy (non-hydrogen) atoms. The molecule has 0 aromatic heterocycles. The lowest BCUT2D eigenvalue weighted by atomic mass is 9.86. The van der Waals surface area contributed by atoms with Crippen LogP contribution in [0.5, 0.6) is 0 Å². The second kappa shape index (κ2) is 6.00. The van der Waals surface area contributed by atoms with E-state index in [1.54, 1.807) is 28.8 Å². The third kappa shape index (κ3) is 3.27. The van der Waals surface area contributed by atoms with Crippen molar-refractivity contribution in [3.05, 3.63) is 65.5 Å². The van der Waals surface area contributed by atoms with Gasteiger partial charge < -0.3 is 0 Å². The average Bonchev–Trinajstić information content (AvgIpc) is 2.89. The van der Waals surface area contributed by atoms with Crippen LogP contribution < -0.4 is 4.90 Å². The van der Waals surface area contributed by atoms with Gasteiger partial charge in [0, 0.05) is 5.69 Å². The van der Waals surface area contributed by atoms with Crippen molar-refractivity contribution >= 4 is 23.4 Å². The minimum atomic E-state index is -0.292. The van der Waals surface area contributed by atoms with E-state index in [9.17, 15) is 9.18 Å². The van der Waals surface area contributed by atoms with Gasteiger partial charge in [0.2, 0.25) is 5.91 Å². The quantitative estimate of drug-likeness (QED) is 0.781. The fourth-order valence-electron chi connectivity index (χ4n) is 2.70. The highest BCUT2D eigenvalue weighted by molar-refractivity contribution is 8.00. The van der Waals surface area contributed by atoms with Crippen molar-refractivity contribution in [1.82, 2.24) is 0 Å². The number of hydrogen-bond donors (Lipinski definition) is 0. The molecule has 1 aliphatic heterocycles. The highest BCUT2D eigenvalue weighted by Crippen LogP contribution is 2.42. The van der Waals surface area contributed by atoms with E-state index in [1.165, 1.54) is 17.7 Å². The molecule has 1 amide bonds. The predicted octanol–water partition coefficient (Wildman–Crippen LogP) is 4.90.